The summed E-state index contributed by atoms with van der Waals surface area (Å²) in [6.07, 6.45) is 5.95. The van der Waals surface area contributed by atoms with Gasteiger partial charge in [0.15, 0.2) is 0 Å². The molecular formula is C17H17N3O2. The fourth-order valence-corrected chi connectivity index (χ4v) is 3.77. The summed E-state index contributed by atoms with van der Waals surface area (Å²) in [6, 6.07) is 8.64. The predicted octanol–water partition coefficient (Wildman–Crippen LogP) is 1.40. The van der Waals surface area contributed by atoms with Crippen molar-refractivity contribution < 1.29 is 4.79 Å². The lowest BCUT2D eigenvalue weighted by Crippen LogP contribution is -2.29. The second kappa shape index (κ2) is 4.80. The summed E-state index contributed by atoms with van der Waals surface area (Å²) in [6.45, 7) is 0.661. The van der Waals surface area contributed by atoms with Crippen molar-refractivity contribution >= 4 is 5.91 Å². The highest BCUT2D eigenvalue weighted by Gasteiger charge is 2.57. The lowest BCUT2D eigenvalue weighted by atomic mass is 9.95. The Kier molecular flexibility index (Phi) is 2.89. The number of hydrogen-bond donors (Lipinski definition) is 2. The molecule has 1 saturated carbocycles. The zero-order chi connectivity index (χ0) is 15.2. The number of nitrogens with one attached hydrogen (secondary N) is 2. The Labute approximate surface area is 127 Å². The summed E-state index contributed by atoms with van der Waals surface area (Å²) in [4.78, 5) is 29.3. The van der Waals surface area contributed by atoms with Gasteiger partial charge in [-0.2, -0.15) is 0 Å². The molecule has 1 heterocycles. The first kappa shape index (κ1) is 13.2. The van der Waals surface area contributed by atoms with E-state index in [1.807, 2.05) is 0 Å². The third-order valence-electron chi connectivity index (χ3n) is 5.04. The number of fused-ring (bicyclic) bond motifs is 2. The molecule has 0 radical (unpaired) electrons. The van der Waals surface area contributed by atoms with Gasteiger partial charge in [0.1, 0.15) is 5.69 Å². The minimum Gasteiger partial charge on any atom is -0.350 e. The molecule has 2 aliphatic carbocycles. The maximum absolute atomic E-state index is 12.0. The van der Waals surface area contributed by atoms with Gasteiger partial charge in [-0.15, -0.1) is 0 Å². The predicted molar refractivity (Wildman–Crippen MR) is 81.7 cm³/mol. The lowest BCUT2D eigenvalue weighted by Gasteiger charge is -2.12. The molecule has 1 aromatic carbocycles. The third kappa shape index (κ3) is 2.04. The van der Waals surface area contributed by atoms with E-state index in [1.165, 1.54) is 23.7 Å². The minimum absolute atomic E-state index is 0.232. The zero-order valence-corrected chi connectivity index (χ0v) is 12.1. The Balaban J connectivity index is 1.42. The number of carbonyl (C=O) groups is 1. The van der Waals surface area contributed by atoms with E-state index in [4.69, 9.17) is 0 Å². The molecular weight excluding hydrogens is 278 g/mol. The van der Waals surface area contributed by atoms with Gasteiger partial charge in [0.25, 0.3) is 11.5 Å². The van der Waals surface area contributed by atoms with Crippen LogP contribution in [-0.4, -0.2) is 22.4 Å². The van der Waals surface area contributed by atoms with Crippen LogP contribution in [0.4, 0.5) is 0 Å². The number of hydrogen-bond acceptors (Lipinski definition) is 3. The van der Waals surface area contributed by atoms with Gasteiger partial charge < -0.3 is 10.3 Å². The second-order valence-electron chi connectivity index (χ2n) is 6.22. The van der Waals surface area contributed by atoms with Gasteiger partial charge in [-0.25, -0.2) is 4.98 Å². The Bertz CT molecular complexity index is 778. The molecule has 5 nitrogen and oxygen atoms in total. The molecule has 112 valence electrons. The van der Waals surface area contributed by atoms with Crippen LogP contribution < -0.4 is 10.9 Å². The highest BCUT2D eigenvalue weighted by atomic mass is 16.2. The number of aromatic nitrogens is 2. The van der Waals surface area contributed by atoms with Crippen LogP contribution >= 0.6 is 0 Å². The summed E-state index contributed by atoms with van der Waals surface area (Å²) in [5.41, 5.74) is 3.15. The Hall–Kier alpha value is -2.43. The molecule has 2 atom stereocenters. The summed E-state index contributed by atoms with van der Waals surface area (Å²) in [7, 11) is 0. The fraction of sp³-hybridized carbons (Fsp3) is 0.353. The van der Waals surface area contributed by atoms with E-state index < -0.39 is 0 Å². The van der Waals surface area contributed by atoms with E-state index in [0.717, 1.165) is 19.0 Å². The first-order chi connectivity index (χ1) is 10.7. The van der Waals surface area contributed by atoms with Crippen LogP contribution in [0.5, 0.6) is 0 Å². The van der Waals surface area contributed by atoms with Gasteiger partial charge in [-0.1, -0.05) is 24.3 Å². The van der Waals surface area contributed by atoms with Crippen molar-refractivity contribution in [1.29, 1.82) is 0 Å². The summed E-state index contributed by atoms with van der Waals surface area (Å²) in [5.74, 6) is 0.271. The van der Waals surface area contributed by atoms with E-state index in [2.05, 4.69) is 39.6 Å². The molecule has 0 aliphatic heterocycles. The number of aryl methyl sites for hydroxylation is 1. The Morgan fingerprint density at radius 2 is 2.27 bits per heavy atom. The number of nitrogens with zero attached hydrogens (tertiary/aromatic N) is 1. The van der Waals surface area contributed by atoms with E-state index in [1.54, 1.807) is 0 Å². The molecule has 1 fully saturated rings. The van der Waals surface area contributed by atoms with Crippen LogP contribution in [0.15, 0.2) is 41.5 Å². The first-order valence-corrected chi connectivity index (χ1v) is 7.60. The molecule has 1 spiro atoms. The third-order valence-corrected chi connectivity index (χ3v) is 5.04. The quantitative estimate of drug-likeness (QED) is 0.899. The summed E-state index contributed by atoms with van der Waals surface area (Å²) < 4.78 is 0. The van der Waals surface area contributed by atoms with E-state index >= 15 is 0 Å². The van der Waals surface area contributed by atoms with Crippen molar-refractivity contribution in [3.8, 4) is 0 Å². The van der Waals surface area contributed by atoms with Gasteiger partial charge >= 0.3 is 0 Å². The molecule has 22 heavy (non-hydrogen) atoms. The van der Waals surface area contributed by atoms with E-state index in [-0.39, 0.29) is 22.6 Å². The lowest BCUT2D eigenvalue weighted by molar-refractivity contribution is 0.0945. The molecule has 0 bridgehead atoms. The molecule has 2 unspecified atom stereocenters. The average Bonchev–Trinajstić information content (AvgIpc) is 3.13. The number of rotatable bonds is 3. The van der Waals surface area contributed by atoms with Crippen molar-refractivity contribution in [1.82, 2.24) is 15.3 Å². The van der Waals surface area contributed by atoms with E-state index in [0.29, 0.717) is 12.5 Å². The molecule has 0 saturated heterocycles. The van der Waals surface area contributed by atoms with Gasteiger partial charge in [-0.3, -0.25) is 9.59 Å². The zero-order valence-electron chi connectivity index (χ0n) is 12.1. The fourth-order valence-electron chi connectivity index (χ4n) is 3.77. The molecule has 4 rings (SSSR count). The number of H-pyrrole nitrogens is 1. The summed E-state index contributed by atoms with van der Waals surface area (Å²) >= 11 is 0. The van der Waals surface area contributed by atoms with E-state index in [9.17, 15) is 9.59 Å². The molecule has 2 aromatic rings. The Morgan fingerprint density at radius 3 is 3.09 bits per heavy atom. The van der Waals surface area contributed by atoms with Crippen LogP contribution in [-0.2, 0) is 11.8 Å². The maximum atomic E-state index is 12.0. The normalized spacial score (nSPS) is 25.0. The van der Waals surface area contributed by atoms with Crippen LogP contribution in [0.3, 0.4) is 0 Å². The maximum Gasteiger partial charge on any atom is 0.271 e. The highest BCUT2D eigenvalue weighted by molar-refractivity contribution is 5.91. The van der Waals surface area contributed by atoms with Crippen molar-refractivity contribution in [2.75, 3.05) is 6.54 Å². The molecule has 5 heteroatoms. The average molecular weight is 295 g/mol. The molecule has 2 aliphatic rings. The van der Waals surface area contributed by atoms with Crippen LogP contribution in [0, 0.1) is 5.92 Å². The largest absolute Gasteiger partial charge is 0.350 e. The number of carbonyl (C=O) groups excluding carboxylic acids is 1. The van der Waals surface area contributed by atoms with Gasteiger partial charge in [0.2, 0.25) is 0 Å². The highest BCUT2D eigenvalue weighted by Crippen LogP contribution is 2.61. The minimum atomic E-state index is -0.305. The smallest absolute Gasteiger partial charge is 0.271 e. The Morgan fingerprint density at radius 1 is 1.41 bits per heavy atom. The number of benzene rings is 1. The SMILES string of the molecule is O=C(NCC1CC12CCc1ccccc12)c1c[nH]c(=O)cn1. The van der Waals surface area contributed by atoms with Crippen LogP contribution in [0.25, 0.3) is 0 Å². The second-order valence-corrected chi connectivity index (χ2v) is 6.22. The number of amides is 1. The van der Waals surface area contributed by atoms with Crippen molar-refractivity contribution in [3.05, 3.63) is 63.8 Å². The summed E-state index contributed by atoms with van der Waals surface area (Å²) in [5, 5.41) is 2.94. The van der Waals surface area contributed by atoms with Crippen molar-refractivity contribution in [2.24, 2.45) is 5.92 Å². The standard InChI is InChI=1S/C17H17N3O2/c21-15-10-18-14(9-19-15)16(22)20-8-12-7-17(12)6-5-11-3-1-2-4-13(11)17/h1-4,9-10,12H,5-8H2,(H,19,21)(H,20,22). The van der Waals surface area contributed by atoms with Crippen molar-refractivity contribution in [3.63, 3.8) is 0 Å². The van der Waals surface area contributed by atoms with Crippen molar-refractivity contribution in [2.45, 2.75) is 24.7 Å². The van der Waals surface area contributed by atoms with Gasteiger partial charge in [-0.05, 0) is 36.3 Å². The number of aromatic amines is 1. The topological polar surface area (TPSA) is 74.8 Å². The first-order valence-electron chi connectivity index (χ1n) is 7.60. The van der Waals surface area contributed by atoms with Gasteiger partial charge in [0.05, 0.1) is 6.20 Å². The molecule has 1 amide bonds. The van der Waals surface area contributed by atoms with Gasteiger partial charge in [0, 0.05) is 18.2 Å². The monoisotopic (exact) mass is 295 g/mol. The van der Waals surface area contributed by atoms with Crippen LogP contribution in [0.2, 0.25) is 0 Å². The molecule has 1 aromatic heterocycles. The molecule has 2 N–H and O–H groups in total. The van der Waals surface area contributed by atoms with Crippen LogP contribution in [0.1, 0.15) is 34.5 Å².